The number of nitrogens with one attached hydrogen (secondary N) is 2. The van der Waals surface area contributed by atoms with Gasteiger partial charge in [-0.05, 0) is 42.2 Å². The Morgan fingerprint density at radius 3 is 2.35 bits per heavy atom. The van der Waals surface area contributed by atoms with Gasteiger partial charge in [0.05, 0.1) is 6.04 Å². The van der Waals surface area contributed by atoms with Gasteiger partial charge in [-0.3, -0.25) is 14.4 Å². The zero-order valence-electron chi connectivity index (χ0n) is 19.5. The molecule has 2 aliphatic heterocycles. The minimum absolute atomic E-state index is 0.0747. The number of carbonyl (C=O) groups is 3. The number of carboxylic acids is 2. The number of pyridine rings is 1. The molecule has 180 valence electrons. The quantitative estimate of drug-likeness (QED) is 0.456. The van der Waals surface area contributed by atoms with E-state index in [4.69, 9.17) is 19.8 Å². The topological polar surface area (TPSA) is 136 Å². The smallest absolute Gasteiger partial charge is 0.300 e. The van der Waals surface area contributed by atoms with Crippen LogP contribution in [0.5, 0.6) is 0 Å². The van der Waals surface area contributed by atoms with E-state index in [0.29, 0.717) is 17.5 Å². The first-order chi connectivity index (χ1) is 16.2. The average Bonchev–Trinajstić information content (AvgIpc) is 3.47. The monoisotopic (exact) mass is 466 g/mol. The van der Waals surface area contributed by atoms with Crippen molar-refractivity contribution in [3.05, 3.63) is 65.5 Å². The Bertz CT molecular complexity index is 1120. The number of hydrogen-bond donors (Lipinski definition) is 4. The molecule has 9 nitrogen and oxygen atoms in total. The Balaban J connectivity index is 0.000000355. The SMILES string of the molecule is CC(=O)O.CC(=O)O.Cc1ccccc1[C@H]1[C@H]2CNC[C@H]2CN1C(=O)c1cc2cccnc2[nH]1. The molecule has 2 aliphatic rings. The standard InChI is InChI=1S/C21H22N4O.2C2H4O2/c1-13-5-2-3-7-16(13)19-17-11-22-10-15(17)12-25(19)21(26)18-9-14-6-4-8-23-20(14)24-18;2*1-2(3)4/h2-9,15,17,19,22H,10-12H2,1H3,(H,23,24);2*1H3,(H,3,4)/t15-,17-,19-;;/m0../s1. The zero-order valence-corrected chi connectivity index (χ0v) is 19.5. The first kappa shape index (κ1) is 24.9. The first-order valence-corrected chi connectivity index (χ1v) is 11.1. The highest BCUT2D eigenvalue weighted by molar-refractivity contribution is 5.97. The summed E-state index contributed by atoms with van der Waals surface area (Å²) < 4.78 is 0. The van der Waals surface area contributed by atoms with E-state index in [1.165, 1.54) is 11.1 Å². The number of aromatic nitrogens is 2. The second-order valence-corrected chi connectivity index (χ2v) is 8.50. The molecule has 3 atom stereocenters. The number of hydrogen-bond acceptors (Lipinski definition) is 5. The number of nitrogens with zero attached hydrogens (tertiary/aromatic N) is 2. The number of aryl methyl sites for hydroxylation is 1. The van der Waals surface area contributed by atoms with Gasteiger partial charge in [-0.2, -0.15) is 0 Å². The molecule has 34 heavy (non-hydrogen) atoms. The van der Waals surface area contributed by atoms with Gasteiger partial charge < -0.3 is 25.4 Å². The number of aromatic amines is 1. The Morgan fingerprint density at radius 2 is 1.71 bits per heavy atom. The summed E-state index contributed by atoms with van der Waals surface area (Å²) in [6.45, 7) is 7.08. The van der Waals surface area contributed by atoms with Crippen molar-refractivity contribution in [1.29, 1.82) is 0 Å². The van der Waals surface area contributed by atoms with Crippen LogP contribution in [0.15, 0.2) is 48.7 Å². The summed E-state index contributed by atoms with van der Waals surface area (Å²) in [5.41, 5.74) is 3.92. The number of rotatable bonds is 2. The maximum Gasteiger partial charge on any atom is 0.300 e. The second kappa shape index (κ2) is 10.9. The minimum Gasteiger partial charge on any atom is -0.481 e. The lowest BCUT2D eigenvalue weighted by atomic mass is 9.87. The van der Waals surface area contributed by atoms with Crippen molar-refractivity contribution in [2.24, 2.45) is 11.8 Å². The fourth-order valence-corrected chi connectivity index (χ4v) is 4.67. The van der Waals surface area contributed by atoms with E-state index in [-0.39, 0.29) is 11.9 Å². The van der Waals surface area contributed by atoms with Crippen LogP contribution in [-0.4, -0.2) is 62.6 Å². The fourth-order valence-electron chi connectivity index (χ4n) is 4.67. The molecule has 5 rings (SSSR count). The van der Waals surface area contributed by atoms with Gasteiger partial charge in [0.2, 0.25) is 0 Å². The summed E-state index contributed by atoms with van der Waals surface area (Å²) in [6, 6.07) is 14.4. The number of fused-ring (bicyclic) bond motifs is 2. The van der Waals surface area contributed by atoms with E-state index < -0.39 is 11.9 Å². The van der Waals surface area contributed by atoms with Crippen LogP contribution in [0.1, 0.15) is 41.5 Å². The van der Waals surface area contributed by atoms with Crippen molar-refractivity contribution < 1.29 is 24.6 Å². The van der Waals surface area contributed by atoms with Gasteiger partial charge in [-0.15, -0.1) is 0 Å². The van der Waals surface area contributed by atoms with Crippen LogP contribution >= 0.6 is 0 Å². The third-order valence-corrected chi connectivity index (χ3v) is 5.95. The minimum atomic E-state index is -0.833. The summed E-state index contributed by atoms with van der Waals surface area (Å²) >= 11 is 0. The molecule has 0 saturated carbocycles. The lowest BCUT2D eigenvalue weighted by molar-refractivity contribution is -0.135. The number of aliphatic carboxylic acids is 2. The van der Waals surface area contributed by atoms with Crippen molar-refractivity contribution in [3.8, 4) is 0 Å². The maximum atomic E-state index is 13.4. The highest BCUT2D eigenvalue weighted by atomic mass is 16.4. The van der Waals surface area contributed by atoms with E-state index >= 15 is 0 Å². The molecule has 0 radical (unpaired) electrons. The molecule has 4 N–H and O–H groups in total. The Hall–Kier alpha value is -3.72. The van der Waals surface area contributed by atoms with Crippen LogP contribution in [0.3, 0.4) is 0 Å². The van der Waals surface area contributed by atoms with Gasteiger partial charge in [-0.25, -0.2) is 4.98 Å². The highest BCUT2D eigenvalue weighted by Crippen LogP contribution is 2.44. The maximum absolute atomic E-state index is 13.4. The fraction of sp³-hybridized carbons (Fsp3) is 0.360. The van der Waals surface area contributed by atoms with E-state index in [0.717, 1.165) is 44.5 Å². The summed E-state index contributed by atoms with van der Waals surface area (Å²) in [4.78, 5) is 41.0. The molecule has 9 heteroatoms. The van der Waals surface area contributed by atoms with Gasteiger partial charge in [0.25, 0.3) is 17.8 Å². The molecular formula is C25H30N4O5. The molecule has 1 aromatic carbocycles. The van der Waals surface area contributed by atoms with Gasteiger partial charge in [0.1, 0.15) is 11.3 Å². The predicted octanol–water partition coefficient (Wildman–Crippen LogP) is 3.09. The Kier molecular flexibility index (Phi) is 8.01. The summed E-state index contributed by atoms with van der Waals surface area (Å²) in [6.07, 6.45) is 1.75. The highest BCUT2D eigenvalue weighted by Gasteiger charge is 2.47. The molecule has 0 spiro atoms. The summed E-state index contributed by atoms with van der Waals surface area (Å²) in [5.74, 6) is -0.598. The van der Waals surface area contributed by atoms with Crippen LogP contribution < -0.4 is 5.32 Å². The van der Waals surface area contributed by atoms with Gasteiger partial charge in [0.15, 0.2) is 0 Å². The molecule has 2 fully saturated rings. The van der Waals surface area contributed by atoms with Crippen LogP contribution in [0, 0.1) is 18.8 Å². The number of benzene rings is 1. The number of likely N-dealkylation sites (tertiary alicyclic amines) is 1. The molecule has 2 aromatic heterocycles. The van der Waals surface area contributed by atoms with Crippen molar-refractivity contribution in [2.75, 3.05) is 19.6 Å². The normalized spacial score (nSPS) is 20.6. The van der Waals surface area contributed by atoms with Crippen LogP contribution in [0.25, 0.3) is 11.0 Å². The molecule has 0 unspecified atom stereocenters. The molecule has 1 amide bonds. The number of carbonyl (C=O) groups excluding carboxylic acids is 1. The molecular weight excluding hydrogens is 436 g/mol. The second-order valence-electron chi connectivity index (χ2n) is 8.50. The predicted molar refractivity (Wildman–Crippen MR) is 128 cm³/mol. The lowest BCUT2D eigenvalue weighted by Crippen LogP contribution is -2.35. The van der Waals surface area contributed by atoms with Gasteiger partial charge >= 0.3 is 0 Å². The van der Waals surface area contributed by atoms with Crippen molar-refractivity contribution >= 4 is 28.9 Å². The van der Waals surface area contributed by atoms with Gasteiger partial charge in [-0.1, -0.05) is 24.3 Å². The van der Waals surface area contributed by atoms with E-state index in [1.807, 2.05) is 18.2 Å². The number of amides is 1. The first-order valence-electron chi connectivity index (χ1n) is 11.1. The third kappa shape index (κ3) is 5.79. The third-order valence-electron chi connectivity index (χ3n) is 5.95. The number of carboxylic acid groups (broad SMARTS) is 2. The van der Waals surface area contributed by atoms with Gasteiger partial charge in [0, 0.05) is 51.0 Å². The molecule has 2 saturated heterocycles. The molecule has 4 heterocycles. The van der Waals surface area contributed by atoms with Crippen molar-refractivity contribution in [1.82, 2.24) is 20.2 Å². The lowest BCUT2D eigenvalue weighted by Gasteiger charge is -2.29. The van der Waals surface area contributed by atoms with Crippen LogP contribution in [0.4, 0.5) is 0 Å². The zero-order chi connectivity index (χ0) is 24.8. The molecule has 0 bridgehead atoms. The van der Waals surface area contributed by atoms with Crippen molar-refractivity contribution in [3.63, 3.8) is 0 Å². The number of H-pyrrole nitrogens is 1. The largest absolute Gasteiger partial charge is 0.481 e. The van der Waals surface area contributed by atoms with Crippen LogP contribution in [0.2, 0.25) is 0 Å². The summed E-state index contributed by atoms with van der Waals surface area (Å²) in [5, 5.41) is 19.3. The Labute approximate surface area is 197 Å². The molecule has 3 aromatic rings. The summed E-state index contributed by atoms with van der Waals surface area (Å²) in [7, 11) is 0. The average molecular weight is 467 g/mol. The van der Waals surface area contributed by atoms with Crippen LogP contribution in [-0.2, 0) is 9.59 Å². The Morgan fingerprint density at radius 1 is 1.03 bits per heavy atom. The van der Waals surface area contributed by atoms with E-state index in [1.54, 1.807) is 6.20 Å². The van der Waals surface area contributed by atoms with E-state index in [9.17, 15) is 4.79 Å². The molecule has 0 aliphatic carbocycles. The van der Waals surface area contributed by atoms with E-state index in [2.05, 4.69) is 51.4 Å². The van der Waals surface area contributed by atoms with Crippen molar-refractivity contribution in [2.45, 2.75) is 26.8 Å².